The number of carbonyl (C=O) groups excluding carboxylic acids is 2. The van der Waals surface area contributed by atoms with Crippen molar-refractivity contribution < 1.29 is 42.1 Å². The second kappa shape index (κ2) is 32.6. The lowest BCUT2D eigenvalue weighted by Crippen LogP contribution is -2.37. The van der Waals surface area contributed by atoms with Crippen LogP contribution in [0.4, 0.5) is 0 Å². The van der Waals surface area contributed by atoms with E-state index in [9.17, 15) is 19.0 Å². The first-order chi connectivity index (χ1) is 23.5. The fourth-order valence-corrected chi connectivity index (χ4v) is 6.08. The van der Waals surface area contributed by atoms with Crippen LogP contribution in [0.2, 0.25) is 0 Å². The quantitative estimate of drug-likeness (QED) is 0.0224. The van der Waals surface area contributed by atoms with Crippen molar-refractivity contribution in [1.82, 2.24) is 0 Å². The standard InChI is InChI=1S/C39H76NO8P/c1-6-8-10-11-12-13-14-15-16-17-18-19-20-21-22-23-24-25-26-27-28-29-30-32-39(42)48-37(35-45-38(41)31-9-7-2)36-47-49(43,44)46-34-33-40(3,4)5/h17-18,37H,6-16,19-36H2,1-5H3/p+1/b18-17-. The van der Waals surface area contributed by atoms with E-state index in [-0.39, 0.29) is 26.1 Å². The van der Waals surface area contributed by atoms with Gasteiger partial charge in [-0.15, -0.1) is 0 Å². The molecule has 2 atom stereocenters. The Morgan fingerprint density at radius 3 is 1.55 bits per heavy atom. The molecule has 290 valence electrons. The van der Waals surface area contributed by atoms with E-state index < -0.39 is 32.5 Å². The summed E-state index contributed by atoms with van der Waals surface area (Å²) in [6, 6.07) is 0. The highest BCUT2D eigenvalue weighted by Crippen LogP contribution is 2.43. The molecule has 2 unspecified atom stereocenters. The molecule has 0 bridgehead atoms. The fourth-order valence-electron chi connectivity index (χ4n) is 5.34. The number of nitrogens with zero attached hydrogens (tertiary/aromatic N) is 1. The van der Waals surface area contributed by atoms with E-state index >= 15 is 0 Å². The van der Waals surface area contributed by atoms with Crippen LogP contribution >= 0.6 is 7.82 Å². The van der Waals surface area contributed by atoms with Gasteiger partial charge in [-0.05, 0) is 38.5 Å². The Labute approximate surface area is 301 Å². The smallest absolute Gasteiger partial charge is 0.462 e. The molecular weight excluding hydrogens is 641 g/mol. The molecule has 0 saturated heterocycles. The fraction of sp³-hybridized carbons (Fsp3) is 0.897. The maximum atomic E-state index is 12.5. The van der Waals surface area contributed by atoms with Crippen LogP contribution in [0.3, 0.4) is 0 Å². The van der Waals surface area contributed by atoms with Crippen LogP contribution in [0.25, 0.3) is 0 Å². The van der Waals surface area contributed by atoms with Gasteiger partial charge in [0.2, 0.25) is 0 Å². The summed E-state index contributed by atoms with van der Waals surface area (Å²) in [7, 11) is 1.48. The Morgan fingerprint density at radius 1 is 0.612 bits per heavy atom. The van der Waals surface area contributed by atoms with Crippen LogP contribution in [-0.2, 0) is 32.7 Å². The van der Waals surface area contributed by atoms with Gasteiger partial charge in [-0.2, -0.15) is 0 Å². The highest BCUT2D eigenvalue weighted by Gasteiger charge is 2.27. The van der Waals surface area contributed by atoms with Gasteiger partial charge >= 0.3 is 19.8 Å². The first-order valence-corrected chi connectivity index (χ1v) is 21.4. The third kappa shape index (κ3) is 36.3. The lowest BCUT2D eigenvalue weighted by molar-refractivity contribution is -0.870. The molecule has 0 rings (SSSR count). The Balaban J connectivity index is 3.96. The number of hydrogen-bond acceptors (Lipinski definition) is 7. The van der Waals surface area contributed by atoms with Gasteiger partial charge in [-0.3, -0.25) is 18.6 Å². The van der Waals surface area contributed by atoms with E-state index in [1.165, 1.54) is 116 Å². The largest absolute Gasteiger partial charge is 0.472 e. The molecule has 0 aliphatic carbocycles. The second-order valence-electron chi connectivity index (χ2n) is 14.7. The van der Waals surface area contributed by atoms with Gasteiger partial charge in [0.1, 0.15) is 19.8 Å². The number of quaternary nitrogens is 1. The summed E-state index contributed by atoms with van der Waals surface area (Å²) < 4.78 is 33.7. The first-order valence-electron chi connectivity index (χ1n) is 19.9. The lowest BCUT2D eigenvalue weighted by atomic mass is 10.0. The number of esters is 2. The minimum Gasteiger partial charge on any atom is -0.462 e. The zero-order valence-electron chi connectivity index (χ0n) is 32.4. The average Bonchev–Trinajstić information content (AvgIpc) is 3.04. The van der Waals surface area contributed by atoms with Crippen molar-refractivity contribution in [2.75, 3.05) is 47.5 Å². The van der Waals surface area contributed by atoms with E-state index in [0.717, 1.165) is 19.3 Å². The summed E-state index contributed by atoms with van der Waals surface area (Å²) in [5.41, 5.74) is 0. The number of phosphoric ester groups is 1. The molecule has 0 aliphatic heterocycles. The predicted molar refractivity (Wildman–Crippen MR) is 201 cm³/mol. The number of likely N-dealkylation sites (N-methyl/N-ethyl adjacent to an activating group) is 1. The van der Waals surface area contributed by atoms with Gasteiger partial charge < -0.3 is 18.9 Å². The molecule has 0 radical (unpaired) electrons. The van der Waals surface area contributed by atoms with E-state index in [0.29, 0.717) is 23.9 Å². The first kappa shape index (κ1) is 47.8. The molecule has 0 aromatic carbocycles. The molecule has 1 N–H and O–H groups in total. The predicted octanol–water partition coefficient (Wildman–Crippen LogP) is 10.6. The number of unbranched alkanes of at least 4 members (excludes halogenated alkanes) is 20. The van der Waals surface area contributed by atoms with Crippen molar-refractivity contribution in [3.05, 3.63) is 12.2 Å². The van der Waals surface area contributed by atoms with Gasteiger partial charge in [0.15, 0.2) is 6.10 Å². The van der Waals surface area contributed by atoms with Crippen molar-refractivity contribution in [1.29, 1.82) is 0 Å². The summed E-state index contributed by atoms with van der Waals surface area (Å²) in [5, 5.41) is 0. The lowest BCUT2D eigenvalue weighted by Gasteiger charge is -2.24. The zero-order valence-corrected chi connectivity index (χ0v) is 33.3. The Morgan fingerprint density at radius 2 is 1.06 bits per heavy atom. The summed E-state index contributed by atoms with van der Waals surface area (Å²) in [5.74, 6) is -0.836. The Kier molecular flexibility index (Phi) is 31.8. The second-order valence-corrected chi connectivity index (χ2v) is 16.1. The van der Waals surface area contributed by atoms with Crippen LogP contribution in [0.5, 0.6) is 0 Å². The van der Waals surface area contributed by atoms with Gasteiger partial charge in [0.05, 0.1) is 27.7 Å². The number of phosphoric acid groups is 1. The van der Waals surface area contributed by atoms with Crippen molar-refractivity contribution in [3.63, 3.8) is 0 Å². The molecule has 0 aliphatic rings. The van der Waals surface area contributed by atoms with E-state index in [2.05, 4.69) is 19.1 Å². The monoisotopic (exact) mass is 719 g/mol. The minimum absolute atomic E-state index is 0.0330. The summed E-state index contributed by atoms with van der Waals surface area (Å²) in [6.45, 7) is 4.16. The third-order valence-electron chi connectivity index (χ3n) is 8.55. The van der Waals surface area contributed by atoms with E-state index in [1.807, 2.05) is 28.1 Å². The maximum Gasteiger partial charge on any atom is 0.472 e. The summed E-state index contributed by atoms with van der Waals surface area (Å²) >= 11 is 0. The molecule has 0 amide bonds. The number of ether oxygens (including phenoxy) is 2. The summed E-state index contributed by atoms with van der Waals surface area (Å²) in [6.07, 6.45) is 32.4. The van der Waals surface area contributed by atoms with Crippen molar-refractivity contribution in [2.24, 2.45) is 0 Å². The number of allylic oxidation sites excluding steroid dienone is 2. The highest BCUT2D eigenvalue weighted by atomic mass is 31.2. The third-order valence-corrected chi connectivity index (χ3v) is 9.53. The molecule has 0 aromatic heterocycles. The van der Waals surface area contributed by atoms with Crippen LogP contribution in [0.15, 0.2) is 12.2 Å². The number of carbonyl (C=O) groups is 2. The highest BCUT2D eigenvalue weighted by molar-refractivity contribution is 7.47. The minimum atomic E-state index is -4.35. The van der Waals surface area contributed by atoms with Crippen molar-refractivity contribution in [3.8, 4) is 0 Å². The van der Waals surface area contributed by atoms with Crippen molar-refractivity contribution in [2.45, 2.75) is 180 Å². The number of hydrogen-bond donors (Lipinski definition) is 1. The molecule has 0 spiro atoms. The van der Waals surface area contributed by atoms with Gasteiger partial charge in [0, 0.05) is 12.8 Å². The normalized spacial score (nSPS) is 13.8. The molecule has 9 nitrogen and oxygen atoms in total. The number of rotatable bonds is 36. The van der Waals surface area contributed by atoms with E-state index in [1.54, 1.807) is 0 Å². The van der Waals surface area contributed by atoms with Crippen LogP contribution < -0.4 is 0 Å². The molecule has 0 fully saturated rings. The zero-order chi connectivity index (χ0) is 36.5. The van der Waals surface area contributed by atoms with Gasteiger partial charge in [-0.25, -0.2) is 4.57 Å². The molecule has 0 heterocycles. The van der Waals surface area contributed by atoms with Crippen molar-refractivity contribution >= 4 is 19.8 Å². The Bertz CT molecular complexity index is 860. The molecular formula is C39H77NO8P+. The Hall–Kier alpha value is -1.25. The summed E-state index contributed by atoms with van der Waals surface area (Å²) in [4.78, 5) is 34.5. The molecule has 10 heteroatoms. The molecule has 0 aromatic rings. The SMILES string of the molecule is CCCCCCCCCC/C=C\CCCCCCCCCCCCCC(=O)OC(COC(=O)CCCC)COP(=O)(O)OCC[N+](C)(C)C. The van der Waals surface area contributed by atoms with Gasteiger partial charge in [-0.1, -0.05) is 135 Å². The molecule has 49 heavy (non-hydrogen) atoms. The van der Waals surface area contributed by atoms with Crippen LogP contribution in [-0.4, -0.2) is 74.9 Å². The van der Waals surface area contributed by atoms with E-state index in [4.69, 9.17) is 18.5 Å². The van der Waals surface area contributed by atoms with Gasteiger partial charge in [0.25, 0.3) is 0 Å². The molecule has 0 saturated carbocycles. The maximum absolute atomic E-state index is 12.5. The topological polar surface area (TPSA) is 108 Å². The average molecular weight is 719 g/mol. The van der Waals surface area contributed by atoms with Crippen LogP contribution in [0, 0.1) is 0 Å². The van der Waals surface area contributed by atoms with Crippen LogP contribution in [0.1, 0.15) is 174 Å².